The Morgan fingerprint density at radius 3 is 2.55 bits per heavy atom. The molecule has 0 heterocycles. The van der Waals surface area contributed by atoms with Gasteiger partial charge in [-0.1, -0.05) is 11.6 Å². The Morgan fingerprint density at radius 1 is 1.21 bits per heavy atom. The second-order valence-corrected chi connectivity index (χ2v) is 6.76. The summed E-state index contributed by atoms with van der Waals surface area (Å²) in [5.74, 6) is -0.120. The number of carbonyl (C=O) groups is 2. The lowest BCUT2D eigenvalue weighted by molar-refractivity contribution is -0.384. The van der Waals surface area contributed by atoms with Crippen LogP contribution < -0.4 is 15.4 Å². The molecule has 2 rings (SSSR count). The van der Waals surface area contributed by atoms with Gasteiger partial charge in [-0.3, -0.25) is 24.6 Å². The van der Waals surface area contributed by atoms with Gasteiger partial charge in [-0.2, -0.15) is 0 Å². The Bertz CT molecular complexity index is 935. The molecule has 0 aromatic heterocycles. The largest absolute Gasteiger partial charge is 0.495 e. The van der Waals surface area contributed by atoms with Crippen LogP contribution in [0.25, 0.3) is 0 Å². The number of hydrogen-bond acceptors (Lipinski definition) is 6. The Labute approximate surface area is 172 Å². The third-order valence-corrected chi connectivity index (χ3v) is 4.26. The van der Waals surface area contributed by atoms with Gasteiger partial charge < -0.3 is 15.4 Å². The van der Waals surface area contributed by atoms with Crippen LogP contribution in [0.3, 0.4) is 0 Å². The van der Waals surface area contributed by atoms with E-state index in [2.05, 4.69) is 10.6 Å². The number of non-ortho nitro benzene ring substituents is 1. The molecule has 0 unspecified atom stereocenters. The van der Waals surface area contributed by atoms with E-state index in [-0.39, 0.29) is 30.6 Å². The van der Waals surface area contributed by atoms with Crippen molar-refractivity contribution in [1.82, 2.24) is 4.90 Å². The van der Waals surface area contributed by atoms with Gasteiger partial charge in [-0.15, -0.1) is 0 Å². The van der Waals surface area contributed by atoms with Crippen LogP contribution in [-0.2, 0) is 16.1 Å². The number of nitrogens with zero attached hydrogens (tertiary/aromatic N) is 2. The lowest BCUT2D eigenvalue weighted by Gasteiger charge is -2.18. The maximum atomic E-state index is 12.4. The van der Waals surface area contributed by atoms with Crippen molar-refractivity contribution in [1.29, 1.82) is 0 Å². The zero-order valence-electron chi connectivity index (χ0n) is 16.2. The van der Waals surface area contributed by atoms with Crippen LogP contribution in [0.1, 0.15) is 12.5 Å². The predicted octanol–water partition coefficient (Wildman–Crippen LogP) is 3.29. The van der Waals surface area contributed by atoms with Crippen LogP contribution in [0, 0.1) is 10.1 Å². The zero-order valence-corrected chi connectivity index (χ0v) is 16.9. The molecular weight excluding hydrogens is 400 g/mol. The molecule has 2 aromatic carbocycles. The summed E-state index contributed by atoms with van der Waals surface area (Å²) in [5.41, 5.74) is 1.40. The number of nitro groups is 1. The molecular formula is C19H21ClN4O5. The fourth-order valence-electron chi connectivity index (χ4n) is 2.66. The van der Waals surface area contributed by atoms with Crippen LogP contribution in [0.4, 0.5) is 17.1 Å². The van der Waals surface area contributed by atoms with Crippen molar-refractivity contribution in [2.75, 3.05) is 31.3 Å². The fraction of sp³-hybridized carbons (Fsp3) is 0.263. The van der Waals surface area contributed by atoms with Crippen molar-refractivity contribution in [2.45, 2.75) is 13.5 Å². The Balaban J connectivity index is 2.06. The van der Waals surface area contributed by atoms with Crippen LogP contribution in [0.5, 0.6) is 5.75 Å². The van der Waals surface area contributed by atoms with Crippen molar-refractivity contribution in [3.63, 3.8) is 0 Å². The Morgan fingerprint density at radius 2 is 1.93 bits per heavy atom. The molecule has 0 spiro atoms. The first-order valence-corrected chi connectivity index (χ1v) is 8.94. The average Bonchev–Trinajstić information content (AvgIpc) is 2.63. The van der Waals surface area contributed by atoms with Gasteiger partial charge in [0.1, 0.15) is 5.75 Å². The number of methoxy groups -OCH3 is 1. The molecule has 10 heteroatoms. The normalized spacial score (nSPS) is 10.5. The number of amides is 2. The number of hydrogen-bond donors (Lipinski definition) is 2. The molecule has 0 saturated carbocycles. The SMILES string of the molecule is COc1ccc(NC(C)=O)cc1NC(=O)CN(C)Cc1cc([N+](=O)[O-])ccc1Cl. The van der Waals surface area contributed by atoms with Crippen molar-refractivity contribution >= 4 is 40.5 Å². The number of nitro benzene ring substituents is 1. The molecule has 2 N–H and O–H groups in total. The van der Waals surface area contributed by atoms with Crippen LogP contribution in [-0.4, -0.2) is 42.3 Å². The van der Waals surface area contributed by atoms with Gasteiger partial charge in [0.15, 0.2) is 0 Å². The van der Waals surface area contributed by atoms with E-state index in [1.165, 1.54) is 32.2 Å². The summed E-state index contributed by atoms with van der Waals surface area (Å²) >= 11 is 6.11. The summed E-state index contributed by atoms with van der Waals surface area (Å²) in [4.78, 5) is 35.8. The van der Waals surface area contributed by atoms with Gasteiger partial charge in [0.25, 0.3) is 5.69 Å². The second kappa shape index (κ2) is 9.85. The van der Waals surface area contributed by atoms with Gasteiger partial charge >= 0.3 is 0 Å². The minimum absolute atomic E-state index is 0.00649. The summed E-state index contributed by atoms with van der Waals surface area (Å²) in [6, 6.07) is 9.06. The first-order chi connectivity index (χ1) is 13.7. The minimum atomic E-state index is -0.499. The summed E-state index contributed by atoms with van der Waals surface area (Å²) in [5, 5.41) is 16.7. The average molecular weight is 421 g/mol. The standard InChI is InChI=1S/C19H21ClN4O5/c1-12(25)21-14-4-7-18(29-3)17(9-14)22-19(26)11-23(2)10-13-8-15(24(27)28)5-6-16(13)20/h4-9H,10-11H2,1-3H3,(H,21,25)(H,22,26). The molecule has 2 amide bonds. The van der Waals surface area contributed by atoms with Crippen molar-refractivity contribution in [3.8, 4) is 5.75 Å². The second-order valence-electron chi connectivity index (χ2n) is 6.35. The van der Waals surface area contributed by atoms with Crippen molar-refractivity contribution in [3.05, 3.63) is 57.1 Å². The van der Waals surface area contributed by atoms with Crippen LogP contribution in [0.2, 0.25) is 5.02 Å². The maximum Gasteiger partial charge on any atom is 0.269 e. The van der Waals surface area contributed by atoms with Gasteiger partial charge in [0.05, 0.1) is 24.3 Å². The monoisotopic (exact) mass is 420 g/mol. The van der Waals surface area contributed by atoms with E-state index >= 15 is 0 Å². The highest BCUT2D eigenvalue weighted by atomic mass is 35.5. The molecule has 0 bridgehead atoms. The molecule has 9 nitrogen and oxygen atoms in total. The van der Waals surface area contributed by atoms with E-state index in [1.54, 1.807) is 30.1 Å². The zero-order chi connectivity index (χ0) is 21.6. The van der Waals surface area contributed by atoms with Gasteiger partial charge in [-0.25, -0.2) is 0 Å². The number of ether oxygens (including phenoxy) is 1. The number of rotatable bonds is 8. The lowest BCUT2D eigenvalue weighted by Crippen LogP contribution is -2.30. The van der Waals surface area contributed by atoms with Gasteiger partial charge in [-0.05, 0) is 36.9 Å². The van der Waals surface area contributed by atoms with Gasteiger partial charge in [0, 0.05) is 36.3 Å². The summed E-state index contributed by atoms with van der Waals surface area (Å²) in [6.45, 7) is 1.64. The number of likely N-dealkylation sites (N-methyl/N-ethyl adjacent to an activating group) is 1. The molecule has 0 aliphatic rings. The highest BCUT2D eigenvalue weighted by Crippen LogP contribution is 2.28. The van der Waals surface area contributed by atoms with Crippen molar-refractivity contribution < 1.29 is 19.2 Å². The molecule has 0 aliphatic carbocycles. The highest BCUT2D eigenvalue weighted by molar-refractivity contribution is 6.31. The number of halogens is 1. The maximum absolute atomic E-state index is 12.4. The molecule has 0 saturated heterocycles. The first kappa shape index (κ1) is 22.1. The van der Waals surface area contributed by atoms with Crippen LogP contribution in [0.15, 0.2) is 36.4 Å². The molecule has 0 aliphatic heterocycles. The minimum Gasteiger partial charge on any atom is -0.495 e. The third kappa shape index (κ3) is 6.44. The van der Waals surface area contributed by atoms with E-state index in [0.29, 0.717) is 27.7 Å². The molecule has 0 fully saturated rings. The number of benzene rings is 2. The summed E-state index contributed by atoms with van der Waals surface area (Å²) < 4.78 is 5.24. The molecule has 0 atom stereocenters. The topological polar surface area (TPSA) is 114 Å². The van der Waals surface area contributed by atoms with E-state index < -0.39 is 4.92 Å². The van der Waals surface area contributed by atoms with E-state index in [0.717, 1.165) is 0 Å². The van der Waals surface area contributed by atoms with Crippen LogP contribution >= 0.6 is 11.6 Å². The van der Waals surface area contributed by atoms with E-state index in [4.69, 9.17) is 16.3 Å². The quantitative estimate of drug-likeness (QED) is 0.500. The number of carbonyl (C=O) groups excluding carboxylic acids is 2. The lowest BCUT2D eigenvalue weighted by atomic mass is 10.2. The Kier molecular flexibility index (Phi) is 7.52. The number of anilines is 2. The number of nitrogens with one attached hydrogen (secondary N) is 2. The highest BCUT2D eigenvalue weighted by Gasteiger charge is 2.15. The molecule has 0 radical (unpaired) electrons. The fourth-order valence-corrected chi connectivity index (χ4v) is 2.84. The van der Waals surface area contributed by atoms with Gasteiger partial charge in [0.2, 0.25) is 11.8 Å². The molecule has 154 valence electrons. The third-order valence-electron chi connectivity index (χ3n) is 3.89. The van der Waals surface area contributed by atoms with E-state index in [9.17, 15) is 19.7 Å². The van der Waals surface area contributed by atoms with E-state index in [1.807, 2.05) is 0 Å². The smallest absolute Gasteiger partial charge is 0.269 e. The molecule has 29 heavy (non-hydrogen) atoms. The van der Waals surface area contributed by atoms with Crippen molar-refractivity contribution in [2.24, 2.45) is 0 Å². The predicted molar refractivity (Wildman–Crippen MR) is 110 cm³/mol. The molecule has 2 aromatic rings. The summed E-state index contributed by atoms with van der Waals surface area (Å²) in [6.07, 6.45) is 0. The first-order valence-electron chi connectivity index (χ1n) is 8.56. The summed E-state index contributed by atoms with van der Waals surface area (Å²) in [7, 11) is 3.17. The Hall–Kier alpha value is -3.17.